The van der Waals surface area contributed by atoms with Crippen LogP contribution in [0.5, 0.6) is 0 Å². The van der Waals surface area contributed by atoms with Gasteiger partial charge in [-0.25, -0.2) is 4.57 Å². The Morgan fingerprint density at radius 1 is 0.885 bits per heavy atom. The van der Waals surface area contributed by atoms with Gasteiger partial charge in [-0.3, -0.25) is 0 Å². The fourth-order valence-electron chi connectivity index (χ4n) is 4.17. The Labute approximate surface area is 158 Å². The van der Waals surface area contributed by atoms with E-state index in [1.807, 2.05) is 0 Å². The van der Waals surface area contributed by atoms with Crippen molar-refractivity contribution in [2.45, 2.75) is 45.4 Å². The minimum Gasteiger partial charge on any atom is -0.201 e. The molecule has 0 saturated heterocycles. The van der Waals surface area contributed by atoms with Gasteiger partial charge in [0.2, 0.25) is 5.69 Å². The highest BCUT2D eigenvalue weighted by Crippen LogP contribution is 2.36. The van der Waals surface area contributed by atoms with Crippen LogP contribution in [0.2, 0.25) is 0 Å². The third kappa shape index (κ3) is 3.19. The maximum absolute atomic E-state index is 8.91. The van der Waals surface area contributed by atoms with Crippen LogP contribution in [0, 0.1) is 13.8 Å². The van der Waals surface area contributed by atoms with E-state index in [1.165, 1.54) is 51.9 Å². The first-order chi connectivity index (χ1) is 13.0. The SMILES string of the molecule is [2H]C1(c2c[n+](C)c(-c3cc(-c4ccccc4)ccc3C)cc2C)CCCC1. The minimum atomic E-state index is -0.401. The largest absolute Gasteiger partial charge is 0.212 e. The highest BCUT2D eigenvalue weighted by Gasteiger charge is 2.23. The molecule has 0 spiro atoms. The summed E-state index contributed by atoms with van der Waals surface area (Å²) in [6.07, 6.45) is 6.52. The molecule has 1 aliphatic rings. The number of pyridine rings is 1. The number of nitrogens with zero attached hydrogens (tertiary/aromatic N) is 1. The van der Waals surface area contributed by atoms with Crippen molar-refractivity contribution in [3.63, 3.8) is 0 Å². The Hall–Kier alpha value is -2.41. The van der Waals surface area contributed by atoms with Crippen LogP contribution in [0.25, 0.3) is 22.4 Å². The van der Waals surface area contributed by atoms with Crippen molar-refractivity contribution >= 4 is 0 Å². The van der Waals surface area contributed by atoms with Crippen LogP contribution in [0.15, 0.2) is 60.8 Å². The zero-order valence-corrected chi connectivity index (χ0v) is 16.0. The number of aromatic nitrogens is 1. The Kier molecular flexibility index (Phi) is 4.30. The summed E-state index contributed by atoms with van der Waals surface area (Å²) >= 11 is 0. The van der Waals surface area contributed by atoms with Crippen LogP contribution >= 0.6 is 0 Å². The average molecular weight is 344 g/mol. The summed E-state index contributed by atoms with van der Waals surface area (Å²) in [6, 6.07) is 19.5. The van der Waals surface area contributed by atoms with E-state index in [-0.39, 0.29) is 0 Å². The number of hydrogen-bond donors (Lipinski definition) is 0. The summed E-state index contributed by atoms with van der Waals surface area (Å²) in [6.45, 7) is 4.35. The van der Waals surface area contributed by atoms with Crippen LogP contribution in [0.3, 0.4) is 0 Å². The minimum absolute atomic E-state index is 0.401. The van der Waals surface area contributed by atoms with Gasteiger partial charge in [-0.2, -0.15) is 0 Å². The molecule has 0 N–H and O–H groups in total. The summed E-state index contributed by atoms with van der Waals surface area (Å²) in [4.78, 5) is 0. The summed E-state index contributed by atoms with van der Waals surface area (Å²) in [7, 11) is 2.12. The number of rotatable bonds is 3. The topological polar surface area (TPSA) is 3.88 Å². The third-order valence-corrected chi connectivity index (χ3v) is 5.69. The smallest absolute Gasteiger partial charge is 0.201 e. The standard InChI is InChI=1S/C25H28N/c1-18-13-14-22(20-9-5-4-6-10-20)16-23(18)25-15-19(2)24(17-26(25)3)21-11-7-8-12-21/h4-6,9-10,13-17,21H,7-8,11-12H2,1-3H3/q+1/i21D. The monoisotopic (exact) mass is 343 g/mol. The first-order valence-corrected chi connectivity index (χ1v) is 9.65. The van der Waals surface area contributed by atoms with Crippen LogP contribution in [-0.4, -0.2) is 0 Å². The molecule has 1 fully saturated rings. The molecule has 1 nitrogen and oxygen atoms in total. The zero-order valence-electron chi connectivity index (χ0n) is 17.0. The lowest BCUT2D eigenvalue weighted by Crippen LogP contribution is -2.32. The van der Waals surface area contributed by atoms with E-state index in [4.69, 9.17) is 1.37 Å². The van der Waals surface area contributed by atoms with Crippen LogP contribution in [-0.2, 0) is 7.05 Å². The van der Waals surface area contributed by atoms with Gasteiger partial charge in [0.25, 0.3) is 0 Å². The molecule has 1 heterocycles. The van der Waals surface area contributed by atoms with E-state index >= 15 is 0 Å². The lowest BCUT2D eigenvalue weighted by molar-refractivity contribution is -0.661. The molecule has 0 unspecified atom stereocenters. The summed E-state index contributed by atoms with van der Waals surface area (Å²) in [5, 5.41) is 0. The van der Waals surface area contributed by atoms with E-state index in [0.29, 0.717) is 0 Å². The third-order valence-electron chi connectivity index (χ3n) is 5.69. The maximum atomic E-state index is 8.91. The Morgan fingerprint density at radius 3 is 2.35 bits per heavy atom. The van der Waals surface area contributed by atoms with Gasteiger partial charge in [0.05, 0.1) is 0 Å². The molecule has 1 saturated carbocycles. The van der Waals surface area contributed by atoms with Gasteiger partial charge in [0, 0.05) is 18.6 Å². The van der Waals surface area contributed by atoms with Crippen molar-refractivity contribution < 1.29 is 5.94 Å². The molecule has 132 valence electrons. The van der Waals surface area contributed by atoms with Crippen LogP contribution in [0.4, 0.5) is 0 Å². The van der Waals surface area contributed by atoms with Gasteiger partial charge in [-0.05, 0) is 60.9 Å². The van der Waals surface area contributed by atoms with Gasteiger partial charge in [-0.15, -0.1) is 0 Å². The van der Waals surface area contributed by atoms with Crippen molar-refractivity contribution in [2.24, 2.45) is 7.05 Å². The second-order valence-electron chi connectivity index (χ2n) is 7.57. The summed E-state index contributed by atoms with van der Waals surface area (Å²) in [5.41, 5.74) is 8.68. The molecule has 1 aliphatic carbocycles. The normalized spacial score (nSPS) is 16.5. The quantitative estimate of drug-likeness (QED) is 0.504. The first-order valence-electron chi connectivity index (χ1n) is 10.2. The Balaban J connectivity index is 1.81. The van der Waals surface area contributed by atoms with Crippen LogP contribution < -0.4 is 4.57 Å². The maximum Gasteiger partial charge on any atom is 0.212 e. The van der Waals surface area contributed by atoms with Crippen molar-refractivity contribution in [1.29, 1.82) is 0 Å². The average Bonchev–Trinajstić information content (AvgIpc) is 3.12. The molecule has 2 aromatic carbocycles. The van der Waals surface area contributed by atoms with E-state index in [1.54, 1.807) is 0 Å². The van der Waals surface area contributed by atoms with E-state index in [9.17, 15) is 0 Å². The molecule has 0 bridgehead atoms. The number of benzene rings is 2. The fraction of sp³-hybridized carbons (Fsp3) is 0.320. The molecule has 26 heavy (non-hydrogen) atoms. The van der Waals surface area contributed by atoms with Gasteiger partial charge in [0.1, 0.15) is 7.05 Å². The van der Waals surface area contributed by atoms with Crippen molar-refractivity contribution in [3.8, 4) is 22.4 Å². The molecule has 4 rings (SSSR count). The van der Waals surface area contributed by atoms with Crippen LogP contribution in [0.1, 0.15) is 49.6 Å². The highest BCUT2D eigenvalue weighted by molar-refractivity contribution is 5.73. The molecule has 0 aliphatic heterocycles. The first kappa shape index (κ1) is 15.8. The predicted molar refractivity (Wildman–Crippen MR) is 109 cm³/mol. The second kappa shape index (κ2) is 7.07. The van der Waals surface area contributed by atoms with Crippen molar-refractivity contribution in [2.75, 3.05) is 0 Å². The van der Waals surface area contributed by atoms with Gasteiger partial charge in [-0.1, -0.05) is 55.3 Å². The molecule has 1 heteroatoms. The highest BCUT2D eigenvalue weighted by atomic mass is 14.9. The van der Waals surface area contributed by atoms with E-state index in [2.05, 4.69) is 86.3 Å². The Morgan fingerprint density at radius 2 is 1.62 bits per heavy atom. The molecule has 0 radical (unpaired) electrons. The second-order valence-corrected chi connectivity index (χ2v) is 7.57. The van der Waals surface area contributed by atoms with Gasteiger partial charge >= 0.3 is 0 Å². The molecule has 3 aromatic rings. The predicted octanol–water partition coefficient (Wildman–Crippen LogP) is 6.12. The zero-order chi connectivity index (χ0) is 19.0. The van der Waals surface area contributed by atoms with E-state index in [0.717, 1.165) is 12.8 Å². The fourth-order valence-corrected chi connectivity index (χ4v) is 4.17. The molecular weight excluding hydrogens is 314 g/mol. The van der Waals surface area contributed by atoms with Gasteiger partial charge in [0.15, 0.2) is 6.20 Å². The van der Waals surface area contributed by atoms with E-state index < -0.39 is 5.89 Å². The Bertz CT molecular complexity index is 969. The summed E-state index contributed by atoms with van der Waals surface area (Å²) in [5.74, 6) is -0.401. The number of hydrogen-bond acceptors (Lipinski definition) is 0. The van der Waals surface area contributed by atoms with Crippen molar-refractivity contribution in [1.82, 2.24) is 0 Å². The number of aryl methyl sites for hydroxylation is 3. The summed E-state index contributed by atoms with van der Waals surface area (Å²) < 4.78 is 11.1. The molecular formula is C25H28N+. The molecule has 1 aromatic heterocycles. The molecule has 0 atom stereocenters. The lowest BCUT2D eigenvalue weighted by atomic mass is 9.92. The lowest BCUT2D eigenvalue weighted by Gasteiger charge is -2.14. The molecule has 0 amide bonds. The van der Waals surface area contributed by atoms with Crippen molar-refractivity contribution in [3.05, 3.63) is 77.5 Å². The van der Waals surface area contributed by atoms with Gasteiger partial charge < -0.3 is 0 Å².